The third-order valence-corrected chi connectivity index (χ3v) is 6.18. The molecule has 0 aliphatic carbocycles. The number of rotatable bonds is 7. The van der Waals surface area contributed by atoms with Gasteiger partial charge in [-0.15, -0.1) is 11.3 Å². The maximum atomic E-state index is 12.8. The van der Waals surface area contributed by atoms with Crippen molar-refractivity contribution in [1.29, 1.82) is 0 Å². The number of halogens is 5. The van der Waals surface area contributed by atoms with Gasteiger partial charge in [0.05, 0.1) is 19.3 Å². The second kappa shape index (κ2) is 11.5. The summed E-state index contributed by atoms with van der Waals surface area (Å²) < 4.78 is 62.7. The summed E-state index contributed by atoms with van der Waals surface area (Å²) in [4.78, 5) is 22.4. The minimum atomic E-state index is -5.08. The van der Waals surface area contributed by atoms with Gasteiger partial charge >= 0.3 is 17.8 Å². The molecule has 0 bridgehead atoms. The molecule has 0 fully saturated rings. The molecule has 3 N–H and O–H groups in total. The number of carbonyl (C=O) groups is 1. The van der Waals surface area contributed by atoms with Crippen LogP contribution in [0.3, 0.4) is 0 Å². The van der Waals surface area contributed by atoms with Crippen LogP contribution in [0.25, 0.3) is 21.2 Å². The molecule has 0 radical (unpaired) electrons. The Hall–Kier alpha value is -3.85. The number of carboxylic acid groups (broad SMARTS) is 1. The first-order valence-electron chi connectivity index (χ1n) is 10.6. The van der Waals surface area contributed by atoms with Crippen LogP contribution >= 0.6 is 11.3 Å². The van der Waals surface area contributed by atoms with Crippen LogP contribution in [0.15, 0.2) is 59.4 Å². The fourth-order valence-corrected chi connectivity index (χ4v) is 4.22. The number of aromatic nitrogens is 5. The van der Waals surface area contributed by atoms with Crippen molar-refractivity contribution in [2.45, 2.75) is 32.7 Å². The van der Waals surface area contributed by atoms with E-state index in [0.29, 0.717) is 6.54 Å². The third-order valence-electron chi connectivity index (χ3n) is 5.08. The Labute approximate surface area is 209 Å². The maximum Gasteiger partial charge on any atom is 0.490 e. The van der Waals surface area contributed by atoms with Gasteiger partial charge in [-0.3, -0.25) is 9.25 Å². The number of nitrogens with zero attached hydrogens (tertiary/aromatic N) is 5. The van der Waals surface area contributed by atoms with E-state index in [1.807, 2.05) is 30.1 Å². The zero-order valence-electron chi connectivity index (χ0n) is 19.2. The first kappa shape index (κ1) is 27.7. The fraction of sp³-hybridized carbons (Fsp3) is 0.273. The summed E-state index contributed by atoms with van der Waals surface area (Å²) in [5.41, 5.74) is 6.69. The molecule has 0 amide bonds. The number of aliphatic carboxylic acids is 1. The lowest BCUT2D eigenvalue weighted by Crippen LogP contribution is -2.27. The maximum absolute atomic E-state index is 12.8. The van der Waals surface area contributed by atoms with Crippen LogP contribution in [0.1, 0.15) is 11.8 Å². The SMILES string of the molecule is CCn1cc(-c2ccc3sc(Cn4cnn(CC(CN)=C(F)F)c4=O)cc3c2)cn1.O=C(O)C(F)(F)F. The highest BCUT2D eigenvalue weighted by Gasteiger charge is 2.38. The number of carboxylic acids is 1. The van der Waals surface area contributed by atoms with Crippen molar-refractivity contribution < 1.29 is 31.9 Å². The lowest BCUT2D eigenvalue weighted by atomic mass is 10.1. The van der Waals surface area contributed by atoms with Crippen LogP contribution in [0, 0.1) is 0 Å². The zero-order valence-corrected chi connectivity index (χ0v) is 20.1. The van der Waals surface area contributed by atoms with Crippen LogP contribution in [0.2, 0.25) is 0 Å². The van der Waals surface area contributed by atoms with E-state index in [9.17, 15) is 26.7 Å². The first-order chi connectivity index (χ1) is 17.4. The second-order valence-corrected chi connectivity index (χ2v) is 8.79. The molecule has 0 aliphatic heterocycles. The minimum absolute atomic E-state index is 0.303. The zero-order chi connectivity index (χ0) is 27.3. The number of hydrogen-bond acceptors (Lipinski definition) is 6. The number of fused-ring (bicyclic) bond motifs is 1. The van der Waals surface area contributed by atoms with Gasteiger partial charge in [0.15, 0.2) is 0 Å². The lowest BCUT2D eigenvalue weighted by Gasteiger charge is -2.02. The molecule has 0 spiro atoms. The summed E-state index contributed by atoms with van der Waals surface area (Å²) in [7, 11) is 0. The number of thiophene rings is 1. The van der Waals surface area contributed by atoms with E-state index in [1.165, 1.54) is 10.9 Å². The van der Waals surface area contributed by atoms with Crippen LogP contribution in [-0.2, 0) is 24.4 Å². The fourth-order valence-electron chi connectivity index (χ4n) is 3.18. The van der Waals surface area contributed by atoms with E-state index < -0.39 is 23.9 Å². The van der Waals surface area contributed by atoms with Gasteiger partial charge in [-0.2, -0.15) is 32.1 Å². The van der Waals surface area contributed by atoms with Gasteiger partial charge in [0.1, 0.15) is 6.33 Å². The molecule has 0 unspecified atom stereocenters. The van der Waals surface area contributed by atoms with Crippen LogP contribution < -0.4 is 11.4 Å². The highest BCUT2D eigenvalue weighted by molar-refractivity contribution is 7.19. The Morgan fingerprint density at radius 2 is 1.86 bits per heavy atom. The van der Waals surface area contributed by atoms with Gasteiger partial charge in [0, 0.05) is 40.0 Å². The number of aryl methyl sites for hydroxylation is 1. The van der Waals surface area contributed by atoms with Crippen LogP contribution in [0.5, 0.6) is 0 Å². The molecule has 37 heavy (non-hydrogen) atoms. The van der Waals surface area contributed by atoms with E-state index >= 15 is 0 Å². The molecule has 3 heterocycles. The van der Waals surface area contributed by atoms with E-state index in [1.54, 1.807) is 11.3 Å². The number of alkyl halides is 3. The van der Waals surface area contributed by atoms with E-state index in [-0.39, 0.29) is 18.7 Å². The first-order valence-corrected chi connectivity index (χ1v) is 11.4. The van der Waals surface area contributed by atoms with E-state index in [4.69, 9.17) is 15.6 Å². The summed E-state index contributed by atoms with van der Waals surface area (Å²) in [5, 5.41) is 16.5. The monoisotopic (exact) mass is 544 g/mol. The quantitative estimate of drug-likeness (QED) is 0.340. The molecule has 0 saturated carbocycles. The third kappa shape index (κ3) is 6.89. The predicted octanol–water partition coefficient (Wildman–Crippen LogP) is 3.93. The topological polar surface area (TPSA) is 121 Å². The number of benzene rings is 1. The molecule has 1 aromatic carbocycles. The molecule has 0 aliphatic rings. The Morgan fingerprint density at radius 1 is 1.16 bits per heavy atom. The van der Waals surface area contributed by atoms with Crippen molar-refractivity contribution in [2.24, 2.45) is 5.73 Å². The molecular formula is C22H21F5N6O3S. The average Bonchev–Trinajstić information content (AvgIpc) is 3.56. The Morgan fingerprint density at radius 3 is 2.43 bits per heavy atom. The van der Waals surface area contributed by atoms with Gasteiger partial charge in [-0.1, -0.05) is 6.07 Å². The van der Waals surface area contributed by atoms with Gasteiger partial charge < -0.3 is 10.8 Å². The smallest absolute Gasteiger partial charge is 0.475 e. The van der Waals surface area contributed by atoms with Crippen molar-refractivity contribution >= 4 is 27.4 Å². The van der Waals surface area contributed by atoms with Crippen molar-refractivity contribution in [2.75, 3.05) is 6.54 Å². The molecule has 4 aromatic rings. The Kier molecular flexibility index (Phi) is 8.60. The molecule has 15 heteroatoms. The highest BCUT2D eigenvalue weighted by Crippen LogP contribution is 2.30. The van der Waals surface area contributed by atoms with Gasteiger partial charge in [-0.05, 0) is 36.1 Å². The van der Waals surface area contributed by atoms with Gasteiger partial charge in [-0.25, -0.2) is 14.3 Å². The van der Waals surface area contributed by atoms with Gasteiger partial charge in [0.2, 0.25) is 0 Å². The molecule has 198 valence electrons. The van der Waals surface area contributed by atoms with E-state index in [2.05, 4.69) is 28.4 Å². The molecule has 3 aromatic heterocycles. The summed E-state index contributed by atoms with van der Waals surface area (Å²) in [5.74, 6) is -2.76. The largest absolute Gasteiger partial charge is 0.490 e. The predicted molar refractivity (Wildman–Crippen MR) is 126 cm³/mol. The summed E-state index contributed by atoms with van der Waals surface area (Å²) in [6.07, 6.45) is -1.74. The Balaban J connectivity index is 0.000000479. The van der Waals surface area contributed by atoms with Crippen molar-refractivity contribution in [3.63, 3.8) is 0 Å². The molecular weight excluding hydrogens is 523 g/mol. The van der Waals surface area contributed by atoms with Crippen molar-refractivity contribution in [3.8, 4) is 11.1 Å². The standard InChI is InChI=1S/C20H20F2N6OS.C2HF3O2/c1-2-27-9-16(8-24-27)13-3-4-18-14(5-13)6-17(30-18)11-26-12-25-28(20(26)29)10-15(7-23)19(21)22;3-2(4,5)1(6)7/h3-6,8-9,12H,2,7,10-11,23H2,1H3;(H,6,7). The molecule has 0 atom stereocenters. The summed E-state index contributed by atoms with van der Waals surface area (Å²) in [6, 6.07) is 8.23. The van der Waals surface area contributed by atoms with E-state index in [0.717, 1.165) is 37.3 Å². The van der Waals surface area contributed by atoms with Crippen LogP contribution in [0.4, 0.5) is 22.0 Å². The normalized spacial score (nSPS) is 11.3. The number of hydrogen-bond donors (Lipinski definition) is 2. The van der Waals surface area contributed by atoms with Crippen molar-refractivity contribution in [1.82, 2.24) is 24.1 Å². The lowest BCUT2D eigenvalue weighted by molar-refractivity contribution is -0.192. The molecule has 4 rings (SSSR count). The molecule has 0 saturated heterocycles. The average molecular weight is 545 g/mol. The second-order valence-electron chi connectivity index (χ2n) is 7.62. The van der Waals surface area contributed by atoms with Crippen LogP contribution in [-0.4, -0.2) is 47.9 Å². The Bertz CT molecular complexity index is 1480. The van der Waals surface area contributed by atoms with Crippen molar-refractivity contribution in [3.05, 3.63) is 70.0 Å². The molecule has 9 nitrogen and oxygen atoms in total. The summed E-state index contributed by atoms with van der Waals surface area (Å²) in [6.45, 7) is 2.54. The highest BCUT2D eigenvalue weighted by atomic mass is 32.1. The van der Waals surface area contributed by atoms with Gasteiger partial charge in [0.25, 0.3) is 6.08 Å². The number of nitrogens with two attached hydrogens (primary N) is 1. The summed E-state index contributed by atoms with van der Waals surface area (Å²) >= 11 is 1.58. The minimum Gasteiger partial charge on any atom is -0.475 e.